The summed E-state index contributed by atoms with van der Waals surface area (Å²) < 4.78 is 48.8. The van der Waals surface area contributed by atoms with E-state index in [1.807, 2.05) is 0 Å². The normalized spacial score (nSPS) is 14.1. The molecule has 0 spiro atoms. The second-order valence-electron chi connectivity index (χ2n) is 7.47. The average Bonchev–Trinajstić information content (AvgIpc) is 3.36. The van der Waals surface area contributed by atoms with Gasteiger partial charge >= 0.3 is 6.18 Å². The molecule has 4 aromatic rings. The molecule has 3 heterocycles. The summed E-state index contributed by atoms with van der Waals surface area (Å²) in [4.78, 5) is 3.99. The van der Waals surface area contributed by atoms with Gasteiger partial charge in [0.05, 0.1) is 22.8 Å². The smallest absolute Gasteiger partial charge is 0.418 e. The summed E-state index contributed by atoms with van der Waals surface area (Å²) in [5.74, 6) is 0.635. The lowest BCUT2D eigenvalue weighted by Crippen LogP contribution is -2.09. The molecule has 2 radical (unpaired) electrons. The molecule has 31 heavy (non-hydrogen) atoms. The van der Waals surface area contributed by atoms with Gasteiger partial charge < -0.3 is 8.98 Å². The third kappa shape index (κ3) is 3.46. The lowest BCUT2D eigenvalue weighted by Gasteiger charge is -2.11. The molecule has 0 amide bonds. The number of benzene rings is 1. The van der Waals surface area contributed by atoms with Crippen LogP contribution in [0.2, 0.25) is 0 Å². The first-order chi connectivity index (χ1) is 14.8. The molecular formula is C21H13BF3N5O. The number of hydrogen-bond donors (Lipinski definition) is 0. The van der Waals surface area contributed by atoms with Crippen molar-refractivity contribution in [1.82, 2.24) is 19.7 Å². The molecule has 1 fully saturated rings. The van der Waals surface area contributed by atoms with Gasteiger partial charge in [-0.2, -0.15) is 18.4 Å². The van der Waals surface area contributed by atoms with Crippen LogP contribution in [-0.2, 0) is 12.7 Å². The summed E-state index contributed by atoms with van der Waals surface area (Å²) in [6, 6.07) is 7.58. The van der Waals surface area contributed by atoms with E-state index in [0.29, 0.717) is 16.5 Å². The molecular weight excluding hydrogens is 406 g/mol. The highest BCUT2D eigenvalue weighted by atomic mass is 19.4. The summed E-state index contributed by atoms with van der Waals surface area (Å²) in [6.07, 6.45) is 0.172. The molecule has 1 aliphatic carbocycles. The number of rotatable bonds is 4. The van der Waals surface area contributed by atoms with Crippen molar-refractivity contribution in [3.63, 3.8) is 0 Å². The number of nitriles is 1. The minimum Gasteiger partial charge on any atom is -0.419 e. The Morgan fingerprint density at radius 3 is 2.68 bits per heavy atom. The Hall–Kier alpha value is -3.61. The van der Waals surface area contributed by atoms with Crippen LogP contribution in [0.25, 0.3) is 22.4 Å². The lowest BCUT2D eigenvalue weighted by atomic mass is 9.97. The summed E-state index contributed by atoms with van der Waals surface area (Å²) >= 11 is 0. The van der Waals surface area contributed by atoms with Gasteiger partial charge in [0.25, 0.3) is 0 Å². The van der Waals surface area contributed by atoms with E-state index in [1.165, 1.54) is 30.6 Å². The van der Waals surface area contributed by atoms with Crippen molar-refractivity contribution in [3.05, 3.63) is 59.4 Å². The van der Waals surface area contributed by atoms with Crippen molar-refractivity contribution in [3.8, 4) is 17.5 Å². The van der Waals surface area contributed by atoms with Crippen LogP contribution in [0.5, 0.6) is 0 Å². The van der Waals surface area contributed by atoms with Crippen molar-refractivity contribution in [2.24, 2.45) is 0 Å². The second-order valence-corrected chi connectivity index (χ2v) is 7.47. The number of hydrogen-bond acceptors (Lipinski definition) is 5. The number of nitrogens with zero attached hydrogens (tertiary/aromatic N) is 5. The molecule has 0 atom stereocenters. The van der Waals surface area contributed by atoms with Gasteiger partial charge in [-0.15, -0.1) is 10.2 Å². The first-order valence-electron chi connectivity index (χ1n) is 9.52. The Morgan fingerprint density at radius 2 is 2.00 bits per heavy atom. The predicted octanol–water partition coefficient (Wildman–Crippen LogP) is 3.70. The SMILES string of the molecule is [B]c1cncc(-c2nnc(Cn3c(C4CC4)cc4c(C(F)(F)F)c(C#N)ccc43)o2)c1. The number of fused-ring (bicyclic) bond motifs is 1. The minimum absolute atomic E-state index is 0.00761. The van der Waals surface area contributed by atoms with E-state index in [9.17, 15) is 18.4 Å². The molecule has 0 aliphatic heterocycles. The van der Waals surface area contributed by atoms with Crippen molar-refractivity contribution in [1.29, 1.82) is 5.26 Å². The van der Waals surface area contributed by atoms with E-state index in [4.69, 9.17) is 12.3 Å². The van der Waals surface area contributed by atoms with Gasteiger partial charge in [-0.3, -0.25) is 4.98 Å². The monoisotopic (exact) mass is 419 g/mol. The second kappa shape index (κ2) is 6.98. The van der Waals surface area contributed by atoms with Gasteiger partial charge in [0.15, 0.2) is 0 Å². The predicted molar refractivity (Wildman–Crippen MR) is 106 cm³/mol. The summed E-state index contributed by atoms with van der Waals surface area (Å²) in [5.41, 5.74) is 0.827. The molecule has 0 bridgehead atoms. The minimum atomic E-state index is -4.64. The van der Waals surface area contributed by atoms with E-state index in [-0.39, 0.29) is 29.6 Å². The van der Waals surface area contributed by atoms with E-state index in [0.717, 1.165) is 18.5 Å². The number of alkyl halides is 3. The Morgan fingerprint density at radius 1 is 1.19 bits per heavy atom. The molecule has 0 N–H and O–H groups in total. The summed E-state index contributed by atoms with van der Waals surface area (Å²) in [5, 5.41) is 17.3. The molecule has 1 aromatic carbocycles. The van der Waals surface area contributed by atoms with E-state index < -0.39 is 17.3 Å². The van der Waals surface area contributed by atoms with E-state index in [2.05, 4.69) is 15.2 Å². The highest BCUT2D eigenvalue weighted by molar-refractivity contribution is 6.32. The zero-order valence-corrected chi connectivity index (χ0v) is 16.0. The third-order valence-electron chi connectivity index (χ3n) is 5.28. The van der Waals surface area contributed by atoms with Crippen LogP contribution in [0.3, 0.4) is 0 Å². The fourth-order valence-electron chi connectivity index (χ4n) is 3.79. The Balaban J connectivity index is 1.61. The van der Waals surface area contributed by atoms with Crippen molar-refractivity contribution >= 4 is 24.2 Å². The van der Waals surface area contributed by atoms with Crippen molar-refractivity contribution < 1.29 is 17.6 Å². The molecule has 152 valence electrons. The highest BCUT2D eigenvalue weighted by Crippen LogP contribution is 2.45. The summed E-state index contributed by atoms with van der Waals surface area (Å²) in [6.45, 7) is 0.112. The fraction of sp³-hybridized carbons (Fsp3) is 0.238. The van der Waals surface area contributed by atoms with Gasteiger partial charge in [-0.1, -0.05) is 11.5 Å². The Bertz CT molecular complexity index is 1350. The number of aromatic nitrogens is 4. The maximum Gasteiger partial charge on any atom is 0.418 e. The molecule has 0 unspecified atom stereocenters. The largest absolute Gasteiger partial charge is 0.419 e. The topological polar surface area (TPSA) is 80.5 Å². The third-order valence-corrected chi connectivity index (χ3v) is 5.28. The van der Waals surface area contributed by atoms with Crippen molar-refractivity contribution in [2.45, 2.75) is 31.5 Å². The Kier molecular flexibility index (Phi) is 4.36. The number of halogens is 3. The van der Waals surface area contributed by atoms with Gasteiger partial charge in [0, 0.05) is 29.0 Å². The van der Waals surface area contributed by atoms with Gasteiger partial charge in [0.2, 0.25) is 11.8 Å². The molecule has 1 aliphatic rings. The van der Waals surface area contributed by atoms with Crippen LogP contribution >= 0.6 is 0 Å². The zero-order valence-electron chi connectivity index (χ0n) is 16.0. The van der Waals surface area contributed by atoms with Crippen LogP contribution in [0.15, 0.2) is 41.1 Å². The number of pyridine rings is 1. The van der Waals surface area contributed by atoms with Crippen LogP contribution in [0.4, 0.5) is 13.2 Å². The van der Waals surface area contributed by atoms with Gasteiger partial charge in [-0.05, 0) is 37.0 Å². The first kappa shape index (κ1) is 19.4. The van der Waals surface area contributed by atoms with Gasteiger partial charge in [-0.25, -0.2) is 0 Å². The van der Waals surface area contributed by atoms with E-state index in [1.54, 1.807) is 16.7 Å². The lowest BCUT2D eigenvalue weighted by molar-refractivity contribution is -0.136. The van der Waals surface area contributed by atoms with Crippen LogP contribution < -0.4 is 5.46 Å². The quantitative estimate of drug-likeness (QED) is 0.472. The molecule has 5 rings (SSSR count). The first-order valence-corrected chi connectivity index (χ1v) is 9.52. The molecule has 3 aromatic heterocycles. The van der Waals surface area contributed by atoms with Gasteiger partial charge in [0.1, 0.15) is 14.4 Å². The molecule has 0 saturated heterocycles. The maximum atomic E-state index is 13.8. The van der Waals surface area contributed by atoms with Crippen LogP contribution in [0, 0.1) is 11.3 Å². The summed E-state index contributed by atoms with van der Waals surface area (Å²) in [7, 11) is 5.74. The Labute approximate surface area is 175 Å². The fourth-order valence-corrected chi connectivity index (χ4v) is 3.79. The van der Waals surface area contributed by atoms with E-state index >= 15 is 0 Å². The van der Waals surface area contributed by atoms with Crippen LogP contribution in [-0.4, -0.2) is 27.6 Å². The van der Waals surface area contributed by atoms with Crippen molar-refractivity contribution in [2.75, 3.05) is 0 Å². The molecule has 10 heteroatoms. The zero-order chi connectivity index (χ0) is 21.8. The molecule has 1 saturated carbocycles. The molecule has 6 nitrogen and oxygen atoms in total. The standard InChI is InChI=1S/C21H13BF3N5O/c22-14-5-13(8-27-9-14)20-29-28-18(31-20)10-30-16-4-3-12(7-26)19(21(23,24)25)15(16)6-17(30)11-1-2-11/h3-6,8-9,11H,1-2,10H2. The average molecular weight is 419 g/mol. The highest BCUT2D eigenvalue weighted by Gasteiger charge is 2.38. The van der Waals surface area contributed by atoms with Crippen LogP contribution in [0.1, 0.15) is 41.5 Å². The maximum absolute atomic E-state index is 13.8.